The smallest absolute Gasteiger partial charge is 0.308 e. The molecule has 0 saturated carbocycles. The quantitative estimate of drug-likeness (QED) is 0.440. The van der Waals surface area contributed by atoms with Gasteiger partial charge in [0.15, 0.2) is 0 Å². The molecule has 1 fully saturated rings. The lowest BCUT2D eigenvalue weighted by atomic mass is 9.96. The van der Waals surface area contributed by atoms with Crippen molar-refractivity contribution in [1.82, 2.24) is 10.2 Å². The molecule has 2 aromatic carbocycles. The Morgan fingerprint density at radius 3 is 2.55 bits per heavy atom. The average Bonchev–Trinajstić information content (AvgIpc) is 2.77. The summed E-state index contributed by atoms with van der Waals surface area (Å²) in [4.78, 5) is 37.8. The van der Waals surface area contributed by atoms with E-state index in [0.29, 0.717) is 36.9 Å². The van der Waals surface area contributed by atoms with Crippen molar-refractivity contribution in [3.8, 4) is 5.75 Å². The maximum Gasteiger partial charge on any atom is 0.308 e. The third-order valence-corrected chi connectivity index (χ3v) is 5.41. The molecule has 31 heavy (non-hydrogen) atoms. The number of esters is 1. The summed E-state index contributed by atoms with van der Waals surface area (Å²) < 4.78 is 5.06. The first-order valence-electron chi connectivity index (χ1n) is 10.5. The number of likely N-dealkylation sites (tertiary alicyclic amines) is 1. The second kappa shape index (κ2) is 10.6. The van der Waals surface area contributed by atoms with Crippen molar-refractivity contribution in [1.29, 1.82) is 0 Å². The fourth-order valence-electron chi connectivity index (χ4n) is 3.62. The molecule has 0 aliphatic carbocycles. The molecule has 0 unspecified atom stereocenters. The van der Waals surface area contributed by atoms with Crippen LogP contribution in [0.4, 0.5) is 0 Å². The lowest BCUT2D eigenvalue weighted by Gasteiger charge is -2.32. The van der Waals surface area contributed by atoms with Gasteiger partial charge in [-0.25, -0.2) is 0 Å². The van der Waals surface area contributed by atoms with Gasteiger partial charge in [0.2, 0.25) is 5.91 Å². The van der Waals surface area contributed by atoms with Gasteiger partial charge in [0, 0.05) is 38.2 Å². The molecule has 1 N–H and O–H groups in total. The van der Waals surface area contributed by atoms with Crippen LogP contribution in [-0.2, 0) is 9.59 Å². The Kier molecular flexibility index (Phi) is 7.60. The van der Waals surface area contributed by atoms with Gasteiger partial charge in [0.05, 0.1) is 0 Å². The molecule has 1 aliphatic heterocycles. The van der Waals surface area contributed by atoms with Crippen molar-refractivity contribution in [2.24, 2.45) is 5.92 Å². The maximum atomic E-state index is 12.8. The van der Waals surface area contributed by atoms with Crippen molar-refractivity contribution < 1.29 is 19.1 Å². The van der Waals surface area contributed by atoms with E-state index in [1.807, 2.05) is 42.2 Å². The first kappa shape index (κ1) is 22.3. The lowest BCUT2D eigenvalue weighted by Crippen LogP contribution is -2.41. The molecule has 6 nitrogen and oxygen atoms in total. The van der Waals surface area contributed by atoms with Gasteiger partial charge in [-0.15, -0.1) is 0 Å². The van der Waals surface area contributed by atoms with E-state index in [1.165, 1.54) is 6.92 Å². The molecule has 0 bridgehead atoms. The summed E-state index contributed by atoms with van der Waals surface area (Å²) in [6.07, 6.45) is 5.06. The minimum Gasteiger partial charge on any atom is -0.427 e. The van der Waals surface area contributed by atoms with Crippen molar-refractivity contribution in [3.63, 3.8) is 0 Å². The van der Waals surface area contributed by atoms with Crippen LogP contribution in [0.2, 0.25) is 0 Å². The van der Waals surface area contributed by atoms with Gasteiger partial charge in [0.1, 0.15) is 5.75 Å². The molecule has 0 radical (unpaired) electrons. The van der Waals surface area contributed by atoms with Crippen LogP contribution in [0.1, 0.15) is 41.3 Å². The summed E-state index contributed by atoms with van der Waals surface area (Å²) >= 11 is 0. The number of hydrogen-bond acceptors (Lipinski definition) is 4. The Balaban J connectivity index is 1.45. The van der Waals surface area contributed by atoms with Crippen LogP contribution in [0.25, 0.3) is 6.08 Å². The van der Waals surface area contributed by atoms with Crippen molar-refractivity contribution in [3.05, 3.63) is 71.3 Å². The third-order valence-electron chi connectivity index (χ3n) is 5.41. The van der Waals surface area contributed by atoms with E-state index in [4.69, 9.17) is 4.74 Å². The number of hydrogen-bond donors (Lipinski definition) is 1. The van der Waals surface area contributed by atoms with Crippen LogP contribution in [-0.4, -0.2) is 42.3 Å². The predicted molar refractivity (Wildman–Crippen MR) is 120 cm³/mol. The Morgan fingerprint density at radius 1 is 1.10 bits per heavy atom. The van der Waals surface area contributed by atoms with Gasteiger partial charge >= 0.3 is 5.97 Å². The van der Waals surface area contributed by atoms with Crippen LogP contribution in [0.5, 0.6) is 5.75 Å². The molecule has 0 atom stereocenters. The zero-order valence-corrected chi connectivity index (χ0v) is 18.0. The lowest BCUT2D eigenvalue weighted by molar-refractivity contribution is -0.131. The molecular weight excluding hydrogens is 392 g/mol. The maximum absolute atomic E-state index is 12.8. The van der Waals surface area contributed by atoms with Crippen LogP contribution < -0.4 is 10.1 Å². The van der Waals surface area contributed by atoms with Gasteiger partial charge in [-0.1, -0.05) is 30.3 Å². The summed E-state index contributed by atoms with van der Waals surface area (Å²) in [7, 11) is 0. The fourth-order valence-corrected chi connectivity index (χ4v) is 3.62. The average molecular weight is 421 g/mol. The van der Waals surface area contributed by atoms with Crippen molar-refractivity contribution in [2.75, 3.05) is 19.6 Å². The zero-order chi connectivity index (χ0) is 22.2. The largest absolute Gasteiger partial charge is 0.427 e. The van der Waals surface area contributed by atoms with E-state index in [9.17, 15) is 14.4 Å². The van der Waals surface area contributed by atoms with Gasteiger partial charge < -0.3 is 15.0 Å². The Labute approximate surface area is 182 Å². The highest BCUT2D eigenvalue weighted by atomic mass is 16.5. The number of rotatable bonds is 6. The molecule has 3 rings (SSSR count). The molecule has 0 spiro atoms. The molecule has 2 aromatic rings. The summed E-state index contributed by atoms with van der Waals surface area (Å²) in [5.74, 6) is 0.116. The highest BCUT2D eigenvalue weighted by molar-refractivity contribution is 5.95. The first-order chi connectivity index (χ1) is 14.9. The second-order valence-corrected chi connectivity index (χ2v) is 7.79. The van der Waals surface area contributed by atoms with E-state index in [0.717, 1.165) is 24.0 Å². The molecule has 1 saturated heterocycles. The molecule has 1 heterocycles. The third kappa shape index (κ3) is 6.54. The molecule has 6 heteroatoms. The molecule has 0 aromatic heterocycles. The number of carbonyl (C=O) groups is 3. The Morgan fingerprint density at radius 2 is 1.84 bits per heavy atom. The molecular formula is C25H28N2O4. The van der Waals surface area contributed by atoms with Crippen LogP contribution in [0.15, 0.2) is 54.6 Å². The fraction of sp³-hybridized carbons (Fsp3) is 0.320. The van der Waals surface area contributed by atoms with E-state index in [1.54, 1.807) is 30.3 Å². The number of amides is 2. The van der Waals surface area contributed by atoms with E-state index in [2.05, 4.69) is 5.32 Å². The number of piperidine rings is 1. The topological polar surface area (TPSA) is 75.7 Å². The van der Waals surface area contributed by atoms with Gasteiger partial charge in [-0.05, 0) is 61.1 Å². The number of ether oxygens (including phenoxy) is 1. The summed E-state index contributed by atoms with van der Waals surface area (Å²) in [6, 6.07) is 14.6. The molecule has 162 valence electrons. The SMILES string of the molecule is CC(=O)Oc1cccc(C(=O)N2CCC(CNC(=O)/C=C/c3ccccc3C)CC2)c1. The monoisotopic (exact) mass is 420 g/mol. The first-order valence-corrected chi connectivity index (χ1v) is 10.5. The Hall–Kier alpha value is -3.41. The van der Waals surface area contributed by atoms with Crippen molar-refractivity contribution >= 4 is 23.9 Å². The highest BCUT2D eigenvalue weighted by Gasteiger charge is 2.24. The normalized spacial score (nSPS) is 14.5. The van der Waals surface area contributed by atoms with Crippen LogP contribution in [0.3, 0.4) is 0 Å². The molecule has 1 aliphatic rings. The van der Waals surface area contributed by atoms with E-state index >= 15 is 0 Å². The minimum atomic E-state index is -0.416. The van der Waals surface area contributed by atoms with Crippen molar-refractivity contribution in [2.45, 2.75) is 26.7 Å². The summed E-state index contributed by atoms with van der Waals surface area (Å²) in [5.41, 5.74) is 2.66. The second-order valence-electron chi connectivity index (χ2n) is 7.79. The zero-order valence-electron chi connectivity index (χ0n) is 18.0. The van der Waals surface area contributed by atoms with Crippen LogP contribution >= 0.6 is 0 Å². The van der Waals surface area contributed by atoms with Gasteiger partial charge in [0.25, 0.3) is 5.91 Å². The number of nitrogens with zero attached hydrogens (tertiary/aromatic N) is 1. The van der Waals surface area contributed by atoms with Gasteiger partial charge in [-0.2, -0.15) is 0 Å². The minimum absolute atomic E-state index is 0.0716. The van der Waals surface area contributed by atoms with Gasteiger partial charge in [-0.3, -0.25) is 14.4 Å². The van der Waals surface area contributed by atoms with E-state index in [-0.39, 0.29) is 11.8 Å². The van der Waals surface area contributed by atoms with E-state index < -0.39 is 5.97 Å². The predicted octanol–water partition coefficient (Wildman–Crippen LogP) is 3.60. The standard InChI is InChI=1S/C25H28N2O4/c1-18-6-3-4-7-21(18)10-11-24(29)26-17-20-12-14-27(15-13-20)25(30)22-8-5-9-23(16-22)31-19(2)28/h3-11,16,20H,12-15,17H2,1-2H3,(H,26,29)/b11-10+. The Bertz CT molecular complexity index is 975. The number of aryl methyl sites for hydroxylation is 1. The summed E-state index contributed by atoms with van der Waals surface area (Å²) in [6.45, 7) is 5.21. The number of carbonyl (C=O) groups excluding carboxylic acids is 3. The highest BCUT2D eigenvalue weighted by Crippen LogP contribution is 2.21. The summed E-state index contributed by atoms with van der Waals surface area (Å²) in [5, 5.41) is 2.97. The number of benzene rings is 2. The molecule has 2 amide bonds. The number of nitrogens with one attached hydrogen (secondary N) is 1. The van der Waals surface area contributed by atoms with Crippen LogP contribution in [0, 0.1) is 12.8 Å².